The zero-order valence-electron chi connectivity index (χ0n) is 12.9. The first-order valence-electron chi connectivity index (χ1n) is 6.92. The lowest BCUT2D eigenvalue weighted by molar-refractivity contribution is 0.612. The molecular formula is C18H19Cl2F. The maximum atomic E-state index is 14.2. The van der Waals surface area contributed by atoms with Gasteiger partial charge >= 0.3 is 0 Å². The molecule has 21 heavy (non-hydrogen) atoms. The summed E-state index contributed by atoms with van der Waals surface area (Å²) in [6.45, 7) is 10.3. The van der Waals surface area contributed by atoms with E-state index in [1.165, 1.54) is 22.8 Å². The van der Waals surface area contributed by atoms with Crippen molar-refractivity contribution in [2.45, 2.75) is 40.0 Å². The van der Waals surface area contributed by atoms with Crippen LogP contribution >= 0.6 is 23.2 Å². The molecule has 0 aliphatic rings. The molecule has 0 nitrogen and oxygen atoms in total. The Morgan fingerprint density at radius 3 is 1.76 bits per heavy atom. The van der Waals surface area contributed by atoms with E-state index in [9.17, 15) is 4.39 Å². The average molecular weight is 325 g/mol. The molecule has 0 fully saturated rings. The van der Waals surface area contributed by atoms with Gasteiger partial charge < -0.3 is 0 Å². The molecule has 1 atom stereocenters. The maximum Gasteiger partial charge on any atom is 0.129 e. The van der Waals surface area contributed by atoms with Gasteiger partial charge in [-0.05, 0) is 80.1 Å². The lowest BCUT2D eigenvalue weighted by Crippen LogP contribution is -2.07. The summed E-state index contributed by atoms with van der Waals surface area (Å²) in [7, 11) is 0. The first-order valence-corrected chi connectivity index (χ1v) is 7.73. The van der Waals surface area contributed by atoms with Crippen molar-refractivity contribution >= 4 is 23.2 Å². The van der Waals surface area contributed by atoms with Gasteiger partial charge in [0.15, 0.2) is 0 Å². The Balaban J connectivity index is 2.73. The fourth-order valence-electron chi connectivity index (χ4n) is 2.81. The first-order chi connectivity index (χ1) is 9.77. The van der Waals surface area contributed by atoms with Crippen molar-refractivity contribution < 1.29 is 4.39 Å². The number of hydrogen-bond donors (Lipinski definition) is 0. The summed E-state index contributed by atoms with van der Waals surface area (Å²) in [5.41, 5.74) is 7.19. The third kappa shape index (κ3) is 2.69. The molecule has 0 N–H and O–H groups in total. The first kappa shape index (κ1) is 16.3. The Morgan fingerprint density at radius 2 is 1.29 bits per heavy atom. The van der Waals surface area contributed by atoms with Crippen molar-refractivity contribution in [1.82, 2.24) is 0 Å². The van der Waals surface area contributed by atoms with Crippen LogP contribution in [0, 0.1) is 40.4 Å². The molecule has 0 aliphatic heterocycles. The fraction of sp³-hybridized carbons (Fsp3) is 0.333. The monoisotopic (exact) mass is 324 g/mol. The summed E-state index contributed by atoms with van der Waals surface area (Å²) in [4.78, 5) is 0. The van der Waals surface area contributed by atoms with Gasteiger partial charge in [-0.1, -0.05) is 17.7 Å². The molecule has 3 heteroatoms. The standard InChI is InChI=1S/C18H19Cl2F/c1-9-10(2)12(4)16(13(5)11(9)3)18(20)17-14(19)7-6-8-15(17)21/h6-8,18H,1-5H3. The second-order valence-electron chi connectivity index (χ2n) is 5.54. The van der Waals surface area contributed by atoms with Crippen LogP contribution < -0.4 is 0 Å². The van der Waals surface area contributed by atoms with Gasteiger partial charge in [0, 0.05) is 10.6 Å². The summed E-state index contributed by atoms with van der Waals surface area (Å²) in [6, 6.07) is 4.67. The van der Waals surface area contributed by atoms with E-state index in [0.717, 1.165) is 16.7 Å². The van der Waals surface area contributed by atoms with Gasteiger partial charge in [-0.25, -0.2) is 4.39 Å². The molecule has 0 aliphatic carbocycles. The van der Waals surface area contributed by atoms with Crippen LogP contribution in [-0.4, -0.2) is 0 Å². The smallest absolute Gasteiger partial charge is 0.129 e. The number of alkyl halides is 1. The number of benzene rings is 2. The van der Waals surface area contributed by atoms with Crippen LogP contribution in [0.3, 0.4) is 0 Å². The summed E-state index contributed by atoms with van der Waals surface area (Å²) in [6.07, 6.45) is 0. The van der Waals surface area contributed by atoms with E-state index in [2.05, 4.69) is 20.8 Å². The molecule has 0 amide bonds. The molecule has 2 aromatic carbocycles. The van der Waals surface area contributed by atoms with E-state index < -0.39 is 5.38 Å². The molecular weight excluding hydrogens is 306 g/mol. The highest BCUT2D eigenvalue weighted by Crippen LogP contribution is 2.40. The zero-order chi connectivity index (χ0) is 15.9. The molecule has 112 valence electrons. The second-order valence-corrected chi connectivity index (χ2v) is 6.38. The summed E-state index contributed by atoms with van der Waals surface area (Å²) in [5, 5.41) is -0.221. The van der Waals surface area contributed by atoms with Gasteiger partial charge in [0.1, 0.15) is 5.82 Å². The quantitative estimate of drug-likeness (QED) is 0.564. The van der Waals surface area contributed by atoms with Crippen molar-refractivity contribution in [3.05, 3.63) is 68.0 Å². The van der Waals surface area contributed by atoms with Crippen molar-refractivity contribution in [3.8, 4) is 0 Å². The van der Waals surface area contributed by atoms with Crippen LogP contribution in [-0.2, 0) is 0 Å². The molecule has 0 aromatic heterocycles. The highest BCUT2D eigenvalue weighted by molar-refractivity contribution is 6.33. The van der Waals surface area contributed by atoms with E-state index >= 15 is 0 Å². The third-order valence-electron chi connectivity index (χ3n) is 4.56. The Kier molecular flexibility index (Phi) is 4.65. The van der Waals surface area contributed by atoms with Gasteiger partial charge in [-0.2, -0.15) is 0 Å². The van der Waals surface area contributed by atoms with Gasteiger partial charge in [-0.3, -0.25) is 0 Å². The van der Waals surface area contributed by atoms with Crippen molar-refractivity contribution in [3.63, 3.8) is 0 Å². The minimum Gasteiger partial charge on any atom is -0.207 e. The van der Waals surface area contributed by atoms with E-state index in [1.807, 2.05) is 13.8 Å². The van der Waals surface area contributed by atoms with Crippen molar-refractivity contribution in [2.24, 2.45) is 0 Å². The molecule has 0 saturated heterocycles. The summed E-state index contributed by atoms with van der Waals surface area (Å²) < 4.78 is 14.2. The summed E-state index contributed by atoms with van der Waals surface area (Å²) in [5.74, 6) is -0.364. The third-order valence-corrected chi connectivity index (χ3v) is 5.33. The van der Waals surface area contributed by atoms with E-state index in [-0.39, 0.29) is 5.82 Å². The molecule has 0 spiro atoms. The molecule has 1 unspecified atom stereocenters. The van der Waals surface area contributed by atoms with Crippen molar-refractivity contribution in [2.75, 3.05) is 0 Å². The van der Waals surface area contributed by atoms with Gasteiger partial charge in [0.25, 0.3) is 0 Å². The normalized spacial score (nSPS) is 12.6. The Labute approximate surface area is 135 Å². The average Bonchev–Trinajstić information content (AvgIpc) is 2.43. The highest BCUT2D eigenvalue weighted by Gasteiger charge is 2.24. The molecule has 2 rings (SSSR count). The lowest BCUT2D eigenvalue weighted by Gasteiger charge is -2.23. The van der Waals surface area contributed by atoms with E-state index in [1.54, 1.807) is 12.1 Å². The fourth-order valence-corrected chi connectivity index (χ4v) is 3.68. The van der Waals surface area contributed by atoms with Gasteiger partial charge in [-0.15, -0.1) is 11.6 Å². The number of halogens is 3. The maximum absolute atomic E-state index is 14.2. The predicted molar refractivity (Wildman–Crippen MR) is 89.2 cm³/mol. The minimum atomic E-state index is -0.586. The van der Waals surface area contributed by atoms with E-state index in [4.69, 9.17) is 23.2 Å². The van der Waals surface area contributed by atoms with Crippen LogP contribution in [0.15, 0.2) is 18.2 Å². The minimum absolute atomic E-state index is 0.356. The van der Waals surface area contributed by atoms with Gasteiger partial charge in [0.2, 0.25) is 0 Å². The largest absolute Gasteiger partial charge is 0.207 e. The molecule has 0 heterocycles. The predicted octanol–water partition coefficient (Wildman–Crippen LogP) is 6.35. The topological polar surface area (TPSA) is 0 Å². The van der Waals surface area contributed by atoms with Crippen molar-refractivity contribution in [1.29, 1.82) is 0 Å². The van der Waals surface area contributed by atoms with Crippen LogP contribution in [0.5, 0.6) is 0 Å². The zero-order valence-corrected chi connectivity index (χ0v) is 14.5. The second kappa shape index (κ2) is 5.98. The van der Waals surface area contributed by atoms with Crippen LogP contribution in [0.2, 0.25) is 5.02 Å². The van der Waals surface area contributed by atoms with Crippen LogP contribution in [0.1, 0.15) is 44.3 Å². The Morgan fingerprint density at radius 1 is 0.810 bits per heavy atom. The Bertz CT molecular complexity index is 656. The molecule has 0 radical (unpaired) electrons. The summed E-state index contributed by atoms with van der Waals surface area (Å²) >= 11 is 12.8. The molecule has 0 saturated carbocycles. The van der Waals surface area contributed by atoms with E-state index in [0.29, 0.717) is 10.6 Å². The lowest BCUT2D eigenvalue weighted by atomic mass is 9.86. The van der Waals surface area contributed by atoms with Gasteiger partial charge in [0.05, 0.1) is 5.38 Å². The SMILES string of the molecule is Cc1c(C)c(C)c(C(Cl)c2c(F)cccc2Cl)c(C)c1C. The van der Waals surface area contributed by atoms with Crippen LogP contribution in [0.25, 0.3) is 0 Å². The van der Waals surface area contributed by atoms with Crippen LogP contribution in [0.4, 0.5) is 4.39 Å². The number of hydrogen-bond acceptors (Lipinski definition) is 0. The number of rotatable bonds is 2. The molecule has 2 aromatic rings. The Hall–Kier alpha value is -1.05. The highest BCUT2D eigenvalue weighted by atomic mass is 35.5. The molecule has 0 bridgehead atoms.